The molecule has 1 atom stereocenters. The first kappa shape index (κ1) is 19.7. The van der Waals surface area contributed by atoms with Crippen LogP contribution in [0.1, 0.15) is 32.7 Å². The van der Waals surface area contributed by atoms with Crippen LogP contribution in [0.4, 0.5) is 11.4 Å². The van der Waals surface area contributed by atoms with Crippen LogP contribution in [0.15, 0.2) is 65.1 Å². The van der Waals surface area contributed by atoms with Crippen molar-refractivity contribution >= 4 is 28.8 Å². The number of rotatable bonds is 6. The summed E-state index contributed by atoms with van der Waals surface area (Å²) in [5.41, 5.74) is 0.760. The van der Waals surface area contributed by atoms with Crippen molar-refractivity contribution in [3.05, 3.63) is 65.7 Å². The summed E-state index contributed by atoms with van der Waals surface area (Å²) in [5.74, 6) is 0.784. The van der Waals surface area contributed by atoms with Gasteiger partial charge in [0.1, 0.15) is 12.1 Å². The second-order valence-electron chi connectivity index (χ2n) is 7.15. The smallest absolute Gasteiger partial charge is 0.216 e. The molecule has 0 bridgehead atoms. The van der Waals surface area contributed by atoms with Gasteiger partial charge in [-0.1, -0.05) is 32.4 Å². The topological polar surface area (TPSA) is 92.6 Å². The van der Waals surface area contributed by atoms with Gasteiger partial charge in [-0.05, 0) is 48.5 Å². The van der Waals surface area contributed by atoms with E-state index in [1.165, 1.54) is 6.33 Å². The van der Waals surface area contributed by atoms with E-state index in [1.807, 2.05) is 20.8 Å². The number of carbonyl (C=O) groups is 1. The largest absolute Gasteiger partial charge is 0.475 e. The predicted octanol–water partition coefficient (Wildman–Crippen LogP) is 5.61. The third kappa shape index (κ3) is 5.01. The molecule has 0 aliphatic heterocycles. The van der Waals surface area contributed by atoms with Crippen molar-refractivity contribution in [3.63, 3.8) is 0 Å². The Morgan fingerprint density at radius 2 is 1.61 bits per heavy atom. The van der Waals surface area contributed by atoms with E-state index in [9.17, 15) is 4.79 Å². The minimum absolute atomic E-state index is 0.101. The van der Waals surface area contributed by atoms with E-state index in [1.54, 1.807) is 48.5 Å². The number of aromatic amines is 1. The summed E-state index contributed by atoms with van der Waals surface area (Å²) in [6, 6.07) is 14.0. The van der Waals surface area contributed by atoms with Crippen LogP contribution in [0.3, 0.4) is 0 Å². The Hall–Kier alpha value is -3.06. The molecule has 1 N–H and O–H groups in total. The summed E-state index contributed by atoms with van der Waals surface area (Å²) in [4.78, 5) is 16.8. The number of hydrogen-bond acceptors (Lipinski definition) is 6. The van der Waals surface area contributed by atoms with Gasteiger partial charge >= 0.3 is 0 Å². The number of H-pyrrole nitrogens is 1. The highest BCUT2D eigenvalue weighted by Gasteiger charge is 2.34. The zero-order valence-electron chi connectivity index (χ0n) is 15.8. The number of nitrogens with one attached hydrogen (secondary N) is 1. The van der Waals surface area contributed by atoms with Crippen molar-refractivity contribution < 1.29 is 9.53 Å². The Morgan fingerprint density at radius 3 is 2.11 bits per heavy atom. The molecule has 0 aliphatic rings. The second kappa shape index (κ2) is 8.31. The number of halogens is 1. The second-order valence-corrected chi connectivity index (χ2v) is 7.59. The first-order chi connectivity index (χ1) is 13.3. The zero-order chi connectivity index (χ0) is 20.1. The highest BCUT2D eigenvalue weighted by atomic mass is 35.5. The molecule has 28 heavy (non-hydrogen) atoms. The highest BCUT2D eigenvalue weighted by Crippen LogP contribution is 2.29. The first-order valence-electron chi connectivity index (χ1n) is 8.66. The Kier molecular flexibility index (Phi) is 5.84. The molecule has 144 valence electrons. The fourth-order valence-electron chi connectivity index (χ4n) is 2.32. The molecule has 8 heteroatoms. The number of ketones is 1. The van der Waals surface area contributed by atoms with Crippen molar-refractivity contribution in [2.75, 3.05) is 0 Å². The van der Waals surface area contributed by atoms with Gasteiger partial charge in [0.05, 0.1) is 11.4 Å². The Balaban J connectivity index is 1.74. The number of carbonyl (C=O) groups excluding carboxylic acids is 1. The minimum Gasteiger partial charge on any atom is -0.475 e. The van der Waals surface area contributed by atoms with E-state index in [-0.39, 0.29) is 5.78 Å². The number of aromatic nitrogens is 3. The van der Waals surface area contributed by atoms with Crippen LogP contribution < -0.4 is 4.74 Å². The Morgan fingerprint density at radius 1 is 1.04 bits per heavy atom. The van der Waals surface area contributed by atoms with Crippen molar-refractivity contribution in [2.45, 2.75) is 26.9 Å². The summed E-state index contributed by atoms with van der Waals surface area (Å²) >= 11 is 5.85. The lowest BCUT2D eigenvalue weighted by Crippen LogP contribution is -2.31. The average molecular weight is 398 g/mol. The SMILES string of the molecule is CC(C)(C)C(=O)C(Oc1ccc(N=Nc2ccc(Cl)cc2)cc1)c1ncn[nH]1. The maximum absolute atomic E-state index is 12.8. The molecular formula is C20H20ClN5O2. The lowest BCUT2D eigenvalue weighted by Gasteiger charge is -2.23. The highest BCUT2D eigenvalue weighted by molar-refractivity contribution is 6.30. The lowest BCUT2D eigenvalue weighted by molar-refractivity contribution is -0.134. The quantitative estimate of drug-likeness (QED) is 0.547. The molecule has 0 saturated carbocycles. The molecule has 0 aliphatic carbocycles. The molecule has 1 aromatic heterocycles. The molecule has 1 heterocycles. The molecule has 0 spiro atoms. The fourth-order valence-corrected chi connectivity index (χ4v) is 2.44. The first-order valence-corrected chi connectivity index (χ1v) is 9.04. The molecule has 3 aromatic rings. The van der Waals surface area contributed by atoms with E-state index in [0.717, 1.165) is 0 Å². The van der Waals surface area contributed by atoms with Gasteiger partial charge in [0.2, 0.25) is 6.10 Å². The lowest BCUT2D eigenvalue weighted by atomic mass is 9.87. The standard InChI is InChI=1S/C20H20ClN5O2/c1-20(2,3)18(27)17(19-22-12-23-26-19)28-16-10-8-15(9-11-16)25-24-14-6-4-13(21)5-7-14/h4-12,17H,1-3H3,(H,22,23,26). The third-order valence-electron chi connectivity index (χ3n) is 3.86. The molecule has 2 aromatic carbocycles. The monoisotopic (exact) mass is 397 g/mol. The van der Waals surface area contributed by atoms with Gasteiger partial charge in [-0.25, -0.2) is 4.98 Å². The molecular weight excluding hydrogens is 378 g/mol. The van der Waals surface area contributed by atoms with Crippen molar-refractivity contribution in [3.8, 4) is 5.75 Å². The van der Waals surface area contributed by atoms with Gasteiger partial charge < -0.3 is 4.74 Å². The van der Waals surface area contributed by atoms with Crippen LogP contribution in [0.25, 0.3) is 0 Å². The Bertz CT molecular complexity index is 946. The van der Waals surface area contributed by atoms with Crippen LogP contribution in [0, 0.1) is 5.41 Å². The normalized spacial score (nSPS) is 12.9. The molecule has 0 fully saturated rings. The van der Waals surface area contributed by atoms with Crippen molar-refractivity contribution in [1.82, 2.24) is 15.2 Å². The van der Waals surface area contributed by atoms with Crippen molar-refractivity contribution in [2.24, 2.45) is 15.6 Å². The number of benzene rings is 2. The average Bonchev–Trinajstić information content (AvgIpc) is 3.20. The number of hydrogen-bond donors (Lipinski definition) is 1. The fraction of sp³-hybridized carbons (Fsp3) is 0.250. The van der Waals surface area contributed by atoms with E-state index < -0.39 is 11.5 Å². The van der Waals surface area contributed by atoms with Crippen LogP contribution in [-0.2, 0) is 4.79 Å². The number of ether oxygens (including phenoxy) is 1. The summed E-state index contributed by atoms with van der Waals surface area (Å²) in [5, 5.41) is 15.5. The summed E-state index contributed by atoms with van der Waals surface area (Å²) < 4.78 is 5.91. The maximum Gasteiger partial charge on any atom is 0.216 e. The van der Waals surface area contributed by atoms with Gasteiger partial charge in [-0.3, -0.25) is 9.89 Å². The minimum atomic E-state index is -0.871. The van der Waals surface area contributed by atoms with Crippen LogP contribution in [0.5, 0.6) is 5.75 Å². The molecule has 1 unspecified atom stereocenters. The van der Waals surface area contributed by atoms with Gasteiger partial charge in [-0.2, -0.15) is 15.3 Å². The summed E-state index contributed by atoms with van der Waals surface area (Å²) in [6.45, 7) is 5.51. The van der Waals surface area contributed by atoms with Gasteiger partial charge in [0.25, 0.3) is 0 Å². The van der Waals surface area contributed by atoms with Gasteiger partial charge in [-0.15, -0.1) is 0 Å². The van der Waals surface area contributed by atoms with Crippen LogP contribution in [0.2, 0.25) is 5.02 Å². The van der Waals surface area contributed by atoms with Gasteiger partial charge in [0.15, 0.2) is 11.6 Å². The molecule has 0 radical (unpaired) electrons. The van der Waals surface area contributed by atoms with E-state index in [4.69, 9.17) is 16.3 Å². The zero-order valence-corrected chi connectivity index (χ0v) is 16.5. The number of azo groups is 1. The number of nitrogens with zero attached hydrogens (tertiary/aromatic N) is 4. The third-order valence-corrected chi connectivity index (χ3v) is 4.11. The maximum atomic E-state index is 12.8. The molecule has 0 amide bonds. The summed E-state index contributed by atoms with van der Waals surface area (Å²) in [7, 11) is 0. The predicted molar refractivity (Wildman–Crippen MR) is 106 cm³/mol. The van der Waals surface area contributed by atoms with Gasteiger partial charge in [0, 0.05) is 10.4 Å². The Labute approximate surface area is 167 Å². The molecule has 0 saturated heterocycles. The van der Waals surface area contributed by atoms with E-state index in [2.05, 4.69) is 25.4 Å². The summed E-state index contributed by atoms with van der Waals surface area (Å²) in [6.07, 6.45) is 0.478. The van der Waals surface area contributed by atoms with Crippen LogP contribution >= 0.6 is 11.6 Å². The molecule has 7 nitrogen and oxygen atoms in total. The van der Waals surface area contributed by atoms with Crippen LogP contribution in [-0.4, -0.2) is 21.0 Å². The van der Waals surface area contributed by atoms with E-state index >= 15 is 0 Å². The molecule has 3 rings (SSSR count). The van der Waals surface area contributed by atoms with E-state index in [0.29, 0.717) is 28.0 Å². The van der Waals surface area contributed by atoms with Crippen molar-refractivity contribution in [1.29, 1.82) is 0 Å². The number of Topliss-reactive ketones (excluding diaryl/α,β-unsaturated/α-hetero) is 1.